The van der Waals surface area contributed by atoms with Crippen LogP contribution in [0, 0.1) is 6.92 Å². The van der Waals surface area contributed by atoms with Crippen molar-refractivity contribution in [3.63, 3.8) is 0 Å². The predicted molar refractivity (Wildman–Crippen MR) is 59.8 cm³/mol. The molecule has 0 spiro atoms. The van der Waals surface area contributed by atoms with Crippen molar-refractivity contribution in [3.05, 3.63) is 29.8 Å². The highest BCUT2D eigenvalue weighted by atomic mass is 16.2. The number of nitrogens with zero attached hydrogens (tertiary/aromatic N) is 1. The van der Waals surface area contributed by atoms with E-state index in [4.69, 9.17) is 0 Å². The van der Waals surface area contributed by atoms with Crippen molar-refractivity contribution in [1.82, 2.24) is 10.6 Å². The summed E-state index contributed by atoms with van der Waals surface area (Å²) >= 11 is 0. The van der Waals surface area contributed by atoms with Gasteiger partial charge < -0.3 is 5.32 Å². The van der Waals surface area contributed by atoms with Crippen LogP contribution < -0.4 is 10.6 Å². The van der Waals surface area contributed by atoms with E-state index in [0.29, 0.717) is 11.4 Å². The van der Waals surface area contributed by atoms with Crippen molar-refractivity contribution in [2.75, 3.05) is 6.54 Å². The SMILES string of the molecule is Cc1cccc(N=C2CNC(=O)NC2=O)c1. The number of hydrogen-bond donors (Lipinski definition) is 2. The molecule has 5 heteroatoms. The van der Waals surface area contributed by atoms with Crippen LogP contribution in [0.1, 0.15) is 5.56 Å². The number of nitrogens with one attached hydrogen (secondary N) is 2. The molecule has 3 amide bonds. The Balaban J connectivity index is 2.24. The van der Waals surface area contributed by atoms with Crippen LogP contribution in [0.15, 0.2) is 29.3 Å². The molecule has 1 heterocycles. The molecule has 1 aromatic rings. The van der Waals surface area contributed by atoms with E-state index in [1.54, 1.807) is 0 Å². The third kappa shape index (κ3) is 2.25. The number of hydrogen-bond acceptors (Lipinski definition) is 3. The quantitative estimate of drug-likeness (QED) is 0.733. The summed E-state index contributed by atoms with van der Waals surface area (Å²) in [5.41, 5.74) is 2.09. The maximum Gasteiger partial charge on any atom is 0.322 e. The smallest absolute Gasteiger partial charge is 0.322 e. The van der Waals surface area contributed by atoms with Gasteiger partial charge in [-0.2, -0.15) is 0 Å². The Kier molecular flexibility index (Phi) is 2.68. The predicted octanol–water partition coefficient (Wildman–Crippen LogP) is 0.907. The molecule has 0 aliphatic carbocycles. The number of urea groups is 1. The Bertz CT molecular complexity index is 480. The molecule has 1 fully saturated rings. The van der Waals surface area contributed by atoms with Crippen molar-refractivity contribution in [2.24, 2.45) is 4.99 Å². The van der Waals surface area contributed by atoms with E-state index in [1.807, 2.05) is 31.2 Å². The molecule has 1 saturated heterocycles. The van der Waals surface area contributed by atoms with Crippen LogP contribution in [0.2, 0.25) is 0 Å². The number of benzene rings is 1. The summed E-state index contributed by atoms with van der Waals surface area (Å²) in [6.45, 7) is 2.12. The van der Waals surface area contributed by atoms with Gasteiger partial charge in [-0.25, -0.2) is 9.79 Å². The Morgan fingerprint density at radius 1 is 1.31 bits per heavy atom. The highest BCUT2D eigenvalue weighted by molar-refractivity contribution is 6.44. The third-order valence-electron chi connectivity index (χ3n) is 2.17. The minimum absolute atomic E-state index is 0.165. The van der Waals surface area contributed by atoms with E-state index >= 15 is 0 Å². The molecule has 2 N–H and O–H groups in total. The first-order valence-corrected chi connectivity index (χ1v) is 4.88. The highest BCUT2D eigenvalue weighted by Gasteiger charge is 2.20. The number of amides is 3. The van der Waals surface area contributed by atoms with Crippen LogP contribution in [0.3, 0.4) is 0 Å². The van der Waals surface area contributed by atoms with Crippen LogP contribution in [0.5, 0.6) is 0 Å². The molecular formula is C11H11N3O2. The standard InChI is InChI=1S/C11H11N3O2/c1-7-3-2-4-8(5-7)13-9-6-12-11(16)14-10(9)15/h2-5H,6H2,1H3,(H2,12,14,15,16). The molecule has 0 saturated carbocycles. The van der Waals surface area contributed by atoms with E-state index in [0.717, 1.165) is 5.56 Å². The van der Waals surface area contributed by atoms with E-state index in [-0.39, 0.29) is 6.54 Å². The molecule has 0 unspecified atom stereocenters. The molecule has 0 atom stereocenters. The third-order valence-corrected chi connectivity index (χ3v) is 2.17. The summed E-state index contributed by atoms with van der Waals surface area (Å²) < 4.78 is 0. The highest BCUT2D eigenvalue weighted by Crippen LogP contribution is 2.13. The van der Waals surface area contributed by atoms with Gasteiger partial charge in [-0.15, -0.1) is 0 Å². The molecule has 1 aromatic carbocycles. The number of aryl methyl sites for hydroxylation is 1. The lowest BCUT2D eigenvalue weighted by Gasteiger charge is -2.14. The van der Waals surface area contributed by atoms with E-state index < -0.39 is 11.9 Å². The minimum atomic E-state index is -0.479. The molecule has 0 bridgehead atoms. The molecule has 1 aliphatic rings. The zero-order valence-electron chi connectivity index (χ0n) is 8.78. The molecule has 5 nitrogen and oxygen atoms in total. The summed E-state index contributed by atoms with van der Waals surface area (Å²) in [5, 5.41) is 4.64. The fraction of sp³-hybridized carbons (Fsp3) is 0.182. The second-order valence-electron chi connectivity index (χ2n) is 3.53. The topological polar surface area (TPSA) is 70.6 Å². The van der Waals surface area contributed by atoms with Gasteiger partial charge in [0.05, 0.1) is 12.2 Å². The average molecular weight is 217 g/mol. The summed E-state index contributed by atoms with van der Waals surface area (Å²) in [5.74, 6) is -0.440. The minimum Gasteiger partial charge on any atom is -0.332 e. The van der Waals surface area contributed by atoms with Crippen molar-refractivity contribution >= 4 is 23.3 Å². The van der Waals surface area contributed by atoms with Crippen molar-refractivity contribution in [3.8, 4) is 0 Å². The van der Waals surface area contributed by atoms with Gasteiger partial charge in [-0.3, -0.25) is 10.1 Å². The van der Waals surface area contributed by atoms with Crippen LogP contribution in [0.4, 0.5) is 10.5 Å². The fourth-order valence-corrected chi connectivity index (χ4v) is 1.41. The van der Waals surface area contributed by atoms with Gasteiger partial charge in [0, 0.05) is 0 Å². The largest absolute Gasteiger partial charge is 0.332 e. The van der Waals surface area contributed by atoms with Gasteiger partial charge in [-0.1, -0.05) is 12.1 Å². The molecular weight excluding hydrogens is 206 g/mol. The maximum absolute atomic E-state index is 11.4. The fourth-order valence-electron chi connectivity index (χ4n) is 1.41. The first kappa shape index (κ1) is 10.4. The van der Waals surface area contributed by atoms with Crippen LogP contribution in [-0.4, -0.2) is 24.2 Å². The summed E-state index contributed by atoms with van der Waals surface area (Å²) in [6.07, 6.45) is 0. The Labute approximate surface area is 92.6 Å². The van der Waals surface area contributed by atoms with Crippen molar-refractivity contribution < 1.29 is 9.59 Å². The number of carbonyl (C=O) groups is 2. The average Bonchev–Trinajstić information content (AvgIpc) is 2.22. The van der Waals surface area contributed by atoms with Crippen LogP contribution in [0.25, 0.3) is 0 Å². The lowest BCUT2D eigenvalue weighted by Crippen LogP contribution is -2.52. The zero-order chi connectivity index (χ0) is 11.5. The monoisotopic (exact) mass is 217 g/mol. The van der Waals surface area contributed by atoms with Crippen molar-refractivity contribution in [1.29, 1.82) is 0 Å². The Hall–Kier alpha value is -2.17. The lowest BCUT2D eigenvalue weighted by molar-refractivity contribution is -0.114. The number of imide groups is 1. The molecule has 0 aromatic heterocycles. The lowest BCUT2D eigenvalue weighted by atomic mass is 10.2. The van der Waals surface area contributed by atoms with Gasteiger partial charge in [-0.05, 0) is 24.6 Å². The van der Waals surface area contributed by atoms with Gasteiger partial charge in [0.1, 0.15) is 5.71 Å². The van der Waals surface area contributed by atoms with Crippen LogP contribution in [-0.2, 0) is 4.79 Å². The van der Waals surface area contributed by atoms with Gasteiger partial charge in [0.2, 0.25) is 0 Å². The second kappa shape index (κ2) is 4.14. The van der Waals surface area contributed by atoms with Crippen molar-refractivity contribution in [2.45, 2.75) is 6.92 Å². The van der Waals surface area contributed by atoms with E-state index in [9.17, 15) is 9.59 Å². The molecule has 2 rings (SSSR count). The summed E-state index contributed by atoms with van der Waals surface area (Å²) in [4.78, 5) is 26.4. The van der Waals surface area contributed by atoms with E-state index in [1.165, 1.54) is 0 Å². The summed E-state index contributed by atoms with van der Waals surface area (Å²) in [6, 6.07) is 7.02. The number of aliphatic imine (C=N–C) groups is 1. The van der Waals surface area contributed by atoms with Gasteiger partial charge >= 0.3 is 6.03 Å². The normalized spacial score (nSPS) is 18.2. The van der Waals surface area contributed by atoms with Gasteiger partial charge in [0.15, 0.2) is 0 Å². The first-order chi connectivity index (χ1) is 7.65. The molecule has 82 valence electrons. The summed E-state index contributed by atoms with van der Waals surface area (Å²) in [7, 11) is 0. The Morgan fingerprint density at radius 2 is 2.12 bits per heavy atom. The first-order valence-electron chi connectivity index (χ1n) is 4.88. The zero-order valence-corrected chi connectivity index (χ0v) is 8.78. The maximum atomic E-state index is 11.4. The Morgan fingerprint density at radius 3 is 2.81 bits per heavy atom. The number of rotatable bonds is 1. The van der Waals surface area contributed by atoms with E-state index in [2.05, 4.69) is 15.6 Å². The molecule has 16 heavy (non-hydrogen) atoms. The molecule has 1 aliphatic heterocycles. The second-order valence-corrected chi connectivity index (χ2v) is 3.53. The number of carbonyl (C=O) groups excluding carboxylic acids is 2. The van der Waals surface area contributed by atoms with Crippen LogP contribution >= 0.6 is 0 Å². The van der Waals surface area contributed by atoms with Gasteiger partial charge in [0.25, 0.3) is 5.91 Å². The molecule has 0 radical (unpaired) electrons.